The summed E-state index contributed by atoms with van der Waals surface area (Å²) in [5.74, 6) is 3.48. The zero-order valence-electron chi connectivity index (χ0n) is 10.4. The van der Waals surface area contributed by atoms with E-state index in [0.717, 1.165) is 21.1 Å². The largest absolute Gasteiger partial charge is 0.324 e. The third-order valence-corrected chi connectivity index (χ3v) is 6.22. The topological polar surface area (TPSA) is 29.1 Å². The highest BCUT2D eigenvalue weighted by Crippen LogP contribution is 2.69. The molecule has 1 N–H and O–H groups in total. The van der Waals surface area contributed by atoms with Crippen LogP contribution in [0.3, 0.4) is 0 Å². The van der Waals surface area contributed by atoms with Crippen LogP contribution in [0.1, 0.15) is 19.3 Å². The van der Waals surface area contributed by atoms with E-state index in [9.17, 15) is 4.79 Å². The number of carbonyl (C=O) groups excluding carboxylic acids is 1. The summed E-state index contributed by atoms with van der Waals surface area (Å²) in [4.78, 5) is 12.4. The quantitative estimate of drug-likeness (QED) is 0.758. The van der Waals surface area contributed by atoms with Crippen LogP contribution in [0.4, 0.5) is 5.69 Å². The highest BCUT2D eigenvalue weighted by atomic mass is 127. The fraction of sp³-hybridized carbons (Fsp3) is 0.533. The van der Waals surface area contributed by atoms with Gasteiger partial charge in [0.1, 0.15) is 0 Å². The van der Waals surface area contributed by atoms with E-state index < -0.39 is 0 Å². The van der Waals surface area contributed by atoms with Crippen molar-refractivity contribution in [3.05, 3.63) is 26.8 Å². The lowest BCUT2D eigenvalue weighted by Gasteiger charge is -2.11. The minimum Gasteiger partial charge on any atom is -0.324 e. The number of hydrogen-bond donors (Lipinski definition) is 1. The minimum atomic E-state index is 0.190. The Labute approximate surface area is 131 Å². The van der Waals surface area contributed by atoms with Crippen LogP contribution in [0.5, 0.6) is 0 Å². The maximum absolute atomic E-state index is 12.4. The van der Waals surface area contributed by atoms with E-state index in [1.165, 1.54) is 19.3 Å². The molecule has 0 radical (unpaired) electrons. The summed E-state index contributed by atoms with van der Waals surface area (Å²) in [5.41, 5.74) is 0.760. The molecule has 4 unspecified atom stereocenters. The van der Waals surface area contributed by atoms with Crippen molar-refractivity contribution in [1.82, 2.24) is 0 Å². The average molecular weight is 388 g/mol. The van der Waals surface area contributed by atoms with Crippen molar-refractivity contribution >= 4 is 45.8 Å². The molecular weight excluding hydrogens is 373 g/mol. The van der Waals surface area contributed by atoms with Gasteiger partial charge in [-0.25, -0.2) is 0 Å². The molecule has 0 heterocycles. The second-order valence-electron chi connectivity index (χ2n) is 6.13. The maximum Gasteiger partial charge on any atom is 0.228 e. The number of anilines is 1. The summed E-state index contributed by atoms with van der Waals surface area (Å²) in [6.45, 7) is 0. The zero-order chi connectivity index (χ0) is 13.1. The van der Waals surface area contributed by atoms with Crippen molar-refractivity contribution < 1.29 is 4.79 Å². The second-order valence-corrected chi connectivity index (χ2v) is 7.78. The van der Waals surface area contributed by atoms with Crippen LogP contribution in [0, 0.1) is 33.2 Å². The van der Waals surface area contributed by atoms with Gasteiger partial charge in [0.2, 0.25) is 5.91 Å². The van der Waals surface area contributed by atoms with Gasteiger partial charge in [0.15, 0.2) is 0 Å². The highest BCUT2D eigenvalue weighted by molar-refractivity contribution is 14.1. The summed E-state index contributed by atoms with van der Waals surface area (Å²) in [6, 6.07) is 5.73. The number of amides is 1. The summed E-state index contributed by atoms with van der Waals surface area (Å²) in [6.07, 6.45) is 4.07. The molecule has 0 aromatic heterocycles. The van der Waals surface area contributed by atoms with Crippen LogP contribution in [0.2, 0.25) is 5.02 Å². The number of halogens is 2. The molecular formula is C15H15ClINO. The molecule has 4 rings (SSSR count). The lowest BCUT2D eigenvalue weighted by Crippen LogP contribution is -2.18. The standard InChI is InChI=1S/C15H15ClINO/c16-10-4-3-9(17)6-11(10)18-15(19)14-12-7-1-2-8(5-7)13(12)14/h3-4,6-8,12-14H,1-2,5H2,(H,18,19). The third-order valence-electron chi connectivity index (χ3n) is 5.22. The van der Waals surface area contributed by atoms with Crippen molar-refractivity contribution in [2.75, 3.05) is 5.32 Å². The molecule has 3 aliphatic carbocycles. The van der Waals surface area contributed by atoms with Gasteiger partial charge < -0.3 is 5.32 Å². The lowest BCUT2D eigenvalue weighted by atomic mass is 10.0. The molecule has 0 saturated heterocycles. The number of fused-ring (bicyclic) bond motifs is 5. The van der Waals surface area contributed by atoms with Crippen molar-refractivity contribution in [3.8, 4) is 0 Å². The smallest absolute Gasteiger partial charge is 0.228 e. The van der Waals surface area contributed by atoms with Gasteiger partial charge in [-0.1, -0.05) is 11.6 Å². The first-order chi connectivity index (χ1) is 9.15. The van der Waals surface area contributed by atoms with Crippen LogP contribution in [0.25, 0.3) is 0 Å². The molecule has 3 saturated carbocycles. The molecule has 2 bridgehead atoms. The van der Waals surface area contributed by atoms with Gasteiger partial charge in [-0.3, -0.25) is 4.79 Å². The summed E-state index contributed by atoms with van der Waals surface area (Å²) in [7, 11) is 0. The van der Waals surface area contributed by atoms with Crippen molar-refractivity contribution in [2.24, 2.45) is 29.6 Å². The molecule has 100 valence electrons. The number of benzene rings is 1. The Morgan fingerprint density at radius 3 is 2.63 bits per heavy atom. The van der Waals surface area contributed by atoms with Crippen LogP contribution >= 0.6 is 34.2 Å². The Morgan fingerprint density at radius 2 is 1.95 bits per heavy atom. The van der Waals surface area contributed by atoms with E-state index in [1.807, 2.05) is 18.2 Å². The molecule has 4 heteroatoms. The van der Waals surface area contributed by atoms with Crippen molar-refractivity contribution in [1.29, 1.82) is 0 Å². The molecule has 3 aliphatic rings. The van der Waals surface area contributed by atoms with E-state index in [4.69, 9.17) is 11.6 Å². The van der Waals surface area contributed by atoms with E-state index in [1.54, 1.807) is 0 Å². The van der Waals surface area contributed by atoms with E-state index in [2.05, 4.69) is 27.9 Å². The predicted octanol–water partition coefficient (Wildman–Crippen LogP) is 4.18. The monoisotopic (exact) mass is 387 g/mol. The van der Waals surface area contributed by atoms with E-state index in [0.29, 0.717) is 16.9 Å². The van der Waals surface area contributed by atoms with Gasteiger partial charge in [-0.05, 0) is 83.7 Å². The van der Waals surface area contributed by atoms with Crippen molar-refractivity contribution in [2.45, 2.75) is 19.3 Å². The molecule has 1 aromatic carbocycles. The molecule has 0 aliphatic heterocycles. The average Bonchev–Trinajstić information content (AvgIpc) is 2.83. The van der Waals surface area contributed by atoms with Gasteiger partial charge in [0, 0.05) is 9.49 Å². The summed E-state index contributed by atoms with van der Waals surface area (Å²) < 4.78 is 1.09. The number of carbonyl (C=O) groups is 1. The number of hydrogen-bond acceptors (Lipinski definition) is 1. The zero-order valence-corrected chi connectivity index (χ0v) is 13.3. The fourth-order valence-electron chi connectivity index (χ4n) is 4.48. The van der Waals surface area contributed by atoms with Crippen molar-refractivity contribution in [3.63, 3.8) is 0 Å². The molecule has 0 spiro atoms. The van der Waals surface area contributed by atoms with E-state index in [-0.39, 0.29) is 11.8 Å². The third kappa shape index (κ3) is 1.92. The Morgan fingerprint density at radius 1 is 1.26 bits per heavy atom. The predicted molar refractivity (Wildman–Crippen MR) is 84.1 cm³/mol. The second kappa shape index (κ2) is 4.35. The minimum absolute atomic E-state index is 0.190. The van der Waals surface area contributed by atoms with Gasteiger partial charge in [-0.2, -0.15) is 0 Å². The van der Waals surface area contributed by atoms with Crippen LogP contribution in [0.15, 0.2) is 18.2 Å². The highest BCUT2D eigenvalue weighted by Gasteiger charge is 2.67. The van der Waals surface area contributed by atoms with Gasteiger partial charge in [-0.15, -0.1) is 0 Å². The summed E-state index contributed by atoms with van der Waals surface area (Å²) >= 11 is 8.37. The van der Waals surface area contributed by atoms with Crippen LogP contribution in [-0.4, -0.2) is 5.91 Å². The van der Waals surface area contributed by atoms with E-state index >= 15 is 0 Å². The molecule has 1 aromatic rings. The maximum atomic E-state index is 12.4. The molecule has 3 fully saturated rings. The number of nitrogens with one attached hydrogen (secondary N) is 1. The molecule has 2 nitrogen and oxygen atoms in total. The van der Waals surface area contributed by atoms with Crippen LogP contribution in [-0.2, 0) is 4.79 Å². The van der Waals surface area contributed by atoms with Crippen LogP contribution < -0.4 is 5.32 Å². The first kappa shape index (κ1) is 12.5. The normalized spacial score (nSPS) is 38.1. The van der Waals surface area contributed by atoms with Gasteiger partial charge >= 0.3 is 0 Å². The van der Waals surface area contributed by atoms with Gasteiger partial charge in [0.05, 0.1) is 10.7 Å². The molecule has 4 atom stereocenters. The summed E-state index contributed by atoms with van der Waals surface area (Å²) in [5, 5.41) is 3.66. The molecule has 19 heavy (non-hydrogen) atoms. The Bertz CT molecular complexity index is 545. The lowest BCUT2D eigenvalue weighted by molar-refractivity contribution is -0.118. The first-order valence-corrected chi connectivity index (χ1v) is 8.37. The fourth-order valence-corrected chi connectivity index (χ4v) is 5.14. The van der Waals surface area contributed by atoms with Gasteiger partial charge in [0.25, 0.3) is 0 Å². The molecule has 1 amide bonds. The Hall–Kier alpha value is -0.290. The Balaban J connectivity index is 1.50. The SMILES string of the molecule is O=C(Nc1cc(I)ccc1Cl)C1C2C3CCC(C3)C12. The first-order valence-electron chi connectivity index (χ1n) is 6.91. The Kier molecular flexibility index (Phi) is 2.85. The number of rotatable bonds is 2.